The van der Waals surface area contributed by atoms with Gasteiger partial charge in [-0.3, -0.25) is 4.90 Å². The van der Waals surface area contributed by atoms with Crippen LogP contribution in [0.3, 0.4) is 0 Å². The molecular weight excluding hydrogens is 280 g/mol. The van der Waals surface area contributed by atoms with Gasteiger partial charge in [-0.1, -0.05) is 30.7 Å². The summed E-state index contributed by atoms with van der Waals surface area (Å²) in [6, 6.07) is 9.45. The summed E-state index contributed by atoms with van der Waals surface area (Å²) in [5.74, 6) is 0.780. The van der Waals surface area contributed by atoms with Crippen LogP contribution in [-0.2, 0) is 0 Å². The Balaban J connectivity index is 2.11. The third-order valence-corrected chi connectivity index (χ3v) is 4.83. The molecule has 21 heavy (non-hydrogen) atoms. The average Bonchev–Trinajstić information content (AvgIpc) is 2.49. The molecule has 0 aromatic heterocycles. The van der Waals surface area contributed by atoms with Crippen molar-refractivity contribution >= 4 is 11.6 Å². The third kappa shape index (κ3) is 4.70. The molecule has 1 aliphatic rings. The van der Waals surface area contributed by atoms with Gasteiger partial charge in [0.2, 0.25) is 0 Å². The monoisotopic (exact) mass is 308 g/mol. The molecule has 0 bridgehead atoms. The molecule has 1 saturated heterocycles. The summed E-state index contributed by atoms with van der Waals surface area (Å²) in [5, 5.41) is 4.36. The van der Waals surface area contributed by atoms with Crippen LogP contribution in [0.25, 0.3) is 0 Å². The Kier molecular flexibility index (Phi) is 6.53. The maximum Gasteiger partial charge on any atom is 0.0406 e. The summed E-state index contributed by atoms with van der Waals surface area (Å²) in [4.78, 5) is 2.67. The minimum atomic E-state index is 0.490. The highest BCUT2D eigenvalue weighted by molar-refractivity contribution is 6.30. The zero-order valence-electron chi connectivity index (χ0n) is 13.6. The van der Waals surface area contributed by atoms with E-state index in [0.717, 1.165) is 17.4 Å². The van der Waals surface area contributed by atoms with Gasteiger partial charge in [-0.05, 0) is 69.8 Å². The van der Waals surface area contributed by atoms with Gasteiger partial charge in [0, 0.05) is 23.7 Å². The molecule has 118 valence electrons. The number of nitrogens with one attached hydrogen (secondary N) is 1. The summed E-state index contributed by atoms with van der Waals surface area (Å²) in [7, 11) is 0. The van der Waals surface area contributed by atoms with Crippen molar-refractivity contribution in [1.29, 1.82) is 0 Å². The van der Waals surface area contributed by atoms with Crippen LogP contribution in [0, 0.1) is 5.92 Å². The zero-order valence-corrected chi connectivity index (χ0v) is 14.4. The maximum absolute atomic E-state index is 6.04. The Morgan fingerprint density at radius 1 is 1.29 bits per heavy atom. The van der Waals surface area contributed by atoms with Gasteiger partial charge in [0.25, 0.3) is 0 Å². The van der Waals surface area contributed by atoms with Crippen molar-refractivity contribution in [3.63, 3.8) is 0 Å². The molecule has 2 atom stereocenters. The predicted molar refractivity (Wildman–Crippen MR) is 91.9 cm³/mol. The second-order valence-corrected chi connectivity index (χ2v) is 6.91. The van der Waals surface area contributed by atoms with E-state index in [4.69, 9.17) is 11.6 Å². The molecule has 0 saturated carbocycles. The molecule has 3 heteroatoms. The molecule has 2 nitrogen and oxygen atoms in total. The molecule has 2 unspecified atom stereocenters. The lowest BCUT2D eigenvalue weighted by Crippen LogP contribution is -2.42. The first kappa shape index (κ1) is 16.8. The van der Waals surface area contributed by atoms with E-state index in [2.05, 4.69) is 43.1 Å². The van der Waals surface area contributed by atoms with Gasteiger partial charge in [-0.25, -0.2) is 0 Å². The summed E-state index contributed by atoms with van der Waals surface area (Å²) in [6.45, 7) is 10.5. The molecule has 1 aromatic rings. The standard InChI is InChI=1S/C18H29ClN2/c1-4-18(16-7-9-17(19)10-8-16)21(14(2)3)13-15-6-5-11-20-12-15/h7-10,14-15,18,20H,4-6,11-13H2,1-3H3. The van der Waals surface area contributed by atoms with Crippen molar-refractivity contribution in [3.8, 4) is 0 Å². The van der Waals surface area contributed by atoms with E-state index >= 15 is 0 Å². The zero-order chi connectivity index (χ0) is 15.2. The fraction of sp³-hybridized carbons (Fsp3) is 0.667. The van der Waals surface area contributed by atoms with E-state index in [0.29, 0.717) is 12.1 Å². The number of nitrogens with zero attached hydrogens (tertiary/aromatic N) is 1. The number of hydrogen-bond acceptors (Lipinski definition) is 2. The fourth-order valence-corrected chi connectivity index (χ4v) is 3.55. The number of piperidine rings is 1. The lowest BCUT2D eigenvalue weighted by molar-refractivity contribution is 0.114. The van der Waals surface area contributed by atoms with Crippen molar-refractivity contribution in [3.05, 3.63) is 34.9 Å². The summed E-state index contributed by atoms with van der Waals surface area (Å²) in [5.41, 5.74) is 1.39. The number of benzene rings is 1. The number of hydrogen-bond donors (Lipinski definition) is 1. The molecular formula is C18H29ClN2. The van der Waals surface area contributed by atoms with E-state index in [1.807, 2.05) is 12.1 Å². The fourth-order valence-electron chi connectivity index (χ4n) is 3.42. The van der Waals surface area contributed by atoms with E-state index in [9.17, 15) is 0 Å². The summed E-state index contributed by atoms with van der Waals surface area (Å²) >= 11 is 6.04. The topological polar surface area (TPSA) is 15.3 Å². The maximum atomic E-state index is 6.04. The van der Waals surface area contributed by atoms with Crippen LogP contribution >= 0.6 is 11.6 Å². The van der Waals surface area contributed by atoms with Gasteiger partial charge in [0.05, 0.1) is 0 Å². The van der Waals surface area contributed by atoms with E-state index in [1.165, 1.54) is 38.0 Å². The smallest absolute Gasteiger partial charge is 0.0406 e. The van der Waals surface area contributed by atoms with Crippen LogP contribution < -0.4 is 5.32 Å². The van der Waals surface area contributed by atoms with Crippen LogP contribution in [0.5, 0.6) is 0 Å². The highest BCUT2D eigenvalue weighted by Crippen LogP contribution is 2.29. The SMILES string of the molecule is CCC(c1ccc(Cl)cc1)N(CC1CCCNC1)C(C)C. The van der Waals surface area contributed by atoms with E-state index in [1.54, 1.807) is 0 Å². The van der Waals surface area contributed by atoms with Crippen molar-refractivity contribution in [2.75, 3.05) is 19.6 Å². The van der Waals surface area contributed by atoms with Crippen molar-refractivity contribution in [2.45, 2.75) is 52.1 Å². The minimum absolute atomic E-state index is 0.490. The van der Waals surface area contributed by atoms with Crippen molar-refractivity contribution < 1.29 is 0 Å². The van der Waals surface area contributed by atoms with Crippen molar-refractivity contribution in [2.24, 2.45) is 5.92 Å². The predicted octanol–water partition coefficient (Wildman–Crippen LogP) is 4.50. The van der Waals surface area contributed by atoms with Crippen LogP contribution in [0.15, 0.2) is 24.3 Å². The average molecular weight is 309 g/mol. The van der Waals surface area contributed by atoms with Gasteiger partial charge in [-0.2, -0.15) is 0 Å². The summed E-state index contributed by atoms with van der Waals surface area (Å²) in [6.07, 6.45) is 3.81. The second-order valence-electron chi connectivity index (χ2n) is 6.48. The Morgan fingerprint density at radius 2 is 2.00 bits per heavy atom. The molecule has 1 N–H and O–H groups in total. The lowest BCUT2D eigenvalue weighted by Gasteiger charge is -2.38. The number of rotatable bonds is 6. The third-order valence-electron chi connectivity index (χ3n) is 4.57. The Hall–Kier alpha value is -0.570. The molecule has 1 heterocycles. The highest BCUT2D eigenvalue weighted by atomic mass is 35.5. The van der Waals surface area contributed by atoms with Crippen LogP contribution in [-0.4, -0.2) is 30.6 Å². The molecule has 2 rings (SSSR count). The Bertz CT molecular complexity index is 410. The quantitative estimate of drug-likeness (QED) is 0.832. The molecule has 0 amide bonds. The lowest BCUT2D eigenvalue weighted by atomic mass is 9.95. The van der Waals surface area contributed by atoms with Crippen molar-refractivity contribution in [1.82, 2.24) is 10.2 Å². The number of halogens is 1. The second kappa shape index (κ2) is 8.17. The largest absolute Gasteiger partial charge is 0.316 e. The molecule has 1 aromatic carbocycles. The molecule has 1 fully saturated rings. The van der Waals surface area contributed by atoms with Crippen LogP contribution in [0.4, 0.5) is 0 Å². The Labute approximate surface area is 134 Å². The molecule has 1 aliphatic heterocycles. The van der Waals surface area contributed by atoms with E-state index in [-0.39, 0.29) is 0 Å². The summed E-state index contributed by atoms with van der Waals surface area (Å²) < 4.78 is 0. The van der Waals surface area contributed by atoms with Gasteiger partial charge in [0.15, 0.2) is 0 Å². The van der Waals surface area contributed by atoms with Crippen LogP contribution in [0.2, 0.25) is 5.02 Å². The van der Waals surface area contributed by atoms with E-state index < -0.39 is 0 Å². The first-order chi connectivity index (χ1) is 10.1. The Morgan fingerprint density at radius 3 is 2.52 bits per heavy atom. The first-order valence-electron chi connectivity index (χ1n) is 8.33. The molecule has 0 spiro atoms. The van der Waals surface area contributed by atoms with Gasteiger partial charge < -0.3 is 5.32 Å². The van der Waals surface area contributed by atoms with Gasteiger partial charge in [0.1, 0.15) is 0 Å². The van der Waals surface area contributed by atoms with Gasteiger partial charge in [-0.15, -0.1) is 0 Å². The molecule has 0 aliphatic carbocycles. The normalized spacial score (nSPS) is 21.0. The highest BCUT2D eigenvalue weighted by Gasteiger charge is 2.25. The first-order valence-corrected chi connectivity index (χ1v) is 8.71. The molecule has 0 radical (unpaired) electrons. The van der Waals surface area contributed by atoms with Crippen LogP contribution in [0.1, 0.15) is 51.6 Å². The minimum Gasteiger partial charge on any atom is -0.316 e. The van der Waals surface area contributed by atoms with Gasteiger partial charge >= 0.3 is 0 Å².